The van der Waals surface area contributed by atoms with Gasteiger partial charge in [0, 0.05) is 19.3 Å². The Labute approximate surface area is 265 Å². The number of nitrogens with one attached hydrogen (secondary N) is 3. The Bertz CT molecular complexity index is 1930. The Morgan fingerprint density at radius 2 is 1.54 bits per heavy atom. The van der Waals surface area contributed by atoms with Crippen molar-refractivity contribution in [1.82, 2.24) is 19.7 Å². The number of furan rings is 1. The summed E-state index contributed by atoms with van der Waals surface area (Å²) in [6, 6.07) is 20.7. The van der Waals surface area contributed by atoms with Gasteiger partial charge in [-0.2, -0.15) is 4.68 Å². The molecule has 5 rings (SSSR count). The predicted molar refractivity (Wildman–Crippen MR) is 173 cm³/mol. The Hall–Kier alpha value is -5.65. The number of hydrogen-bond acceptors (Lipinski definition) is 7. The Balaban J connectivity index is 1.46. The molecule has 12 nitrogen and oxygen atoms in total. The van der Waals surface area contributed by atoms with Gasteiger partial charge in [0.1, 0.15) is 11.2 Å². The molecule has 0 aliphatic heterocycles. The lowest BCUT2D eigenvalue weighted by Gasteiger charge is -2.26. The maximum atomic E-state index is 13.6. The first-order chi connectivity index (χ1) is 21.7. The van der Waals surface area contributed by atoms with Crippen LogP contribution < -0.4 is 16.0 Å². The van der Waals surface area contributed by atoms with Crippen LogP contribution in [0.4, 0.5) is 16.3 Å². The van der Waals surface area contributed by atoms with E-state index in [1.54, 1.807) is 48.1 Å². The first-order valence-corrected chi connectivity index (χ1v) is 14.6. The molecule has 0 aliphatic carbocycles. The average molecular weight is 625 g/mol. The zero-order chi connectivity index (χ0) is 33.2. The van der Waals surface area contributed by atoms with E-state index in [1.807, 2.05) is 65.0 Å². The van der Waals surface area contributed by atoms with Crippen LogP contribution >= 0.6 is 0 Å². The van der Waals surface area contributed by atoms with Gasteiger partial charge in [-0.05, 0) is 49.1 Å². The standard InChI is InChI=1S/C34H36N6O6/c1-33(2,3)20-45-32(44)40-25-19-26(31(43)37-34(4,5)21-13-8-7-9-14-21)46-27(25)28(38-40)36-29(41)22-15-10-11-16-23(22)35-30(42)24-17-12-18-39(24)6/h7-19H,20H2,1-6H3,(H,35,42)(H,37,43)(H,36,38,41). The van der Waals surface area contributed by atoms with Crippen LogP contribution in [-0.2, 0) is 17.3 Å². The van der Waals surface area contributed by atoms with Crippen LogP contribution in [0.3, 0.4) is 0 Å². The SMILES string of the molecule is Cn1cccc1C(=O)Nc1ccccc1C(=O)Nc1nn(C(=O)OCC(C)(C)C)c2cc(C(=O)NC(C)(C)c3ccccc3)oc12. The van der Waals surface area contributed by atoms with Gasteiger partial charge in [-0.1, -0.05) is 63.2 Å². The molecule has 46 heavy (non-hydrogen) atoms. The van der Waals surface area contributed by atoms with E-state index in [4.69, 9.17) is 9.15 Å². The quantitative estimate of drug-likeness (QED) is 0.187. The summed E-state index contributed by atoms with van der Waals surface area (Å²) in [6.07, 6.45) is 0.926. The van der Waals surface area contributed by atoms with Crippen molar-refractivity contribution in [3.63, 3.8) is 0 Å². The number of ether oxygens (including phenoxy) is 1. The fraction of sp³-hybridized carbons (Fsp3) is 0.265. The number of para-hydroxylation sites is 1. The molecule has 0 radical (unpaired) electrons. The zero-order valence-electron chi connectivity index (χ0n) is 26.5. The van der Waals surface area contributed by atoms with Gasteiger partial charge in [0.25, 0.3) is 17.7 Å². The van der Waals surface area contributed by atoms with Crippen LogP contribution in [0, 0.1) is 5.41 Å². The second-order valence-electron chi connectivity index (χ2n) is 12.6. The number of amides is 3. The average Bonchev–Trinajstić information content (AvgIpc) is 3.72. The second kappa shape index (κ2) is 12.4. The highest BCUT2D eigenvalue weighted by Crippen LogP contribution is 2.30. The normalized spacial score (nSPS) is 11.7. The van der Waals surface area contributed by atoms with E-state index < -0.39 is 29.4 Å². The van der Waals surface area contributed by atoms with Gasteiger partial charge in [0.15, 0.2) is 17.2 Å². The van der Waals surface area contributed by atoms with Gasteiger partial charge in [-0.25, -0.2) is 4.79 Å². The topological polar surface area (TPSA) is 149 Å². The molecular weight excluding hydrogens is 588 g/mol. The molecule has 238 valence electrons. The molecule has 0 saturated carbocycles. The summed E-state index contributed by atoms with van der Waals surface area (Å²) in [5, 5.41) is 12.7. The highest BCUT2D eigenvalue weighted by atomic mass is 16.6. The minimum Gasteiger partial charge on any atom is -0.447 e. The fourth-order valence-corrected chi connectivity index (χ4v) is 4.70. The lowest BCUT2D eigenvalue weighted by Crippen LogP contribution is -2.40. The van der Waals surface area contributed by atoms with Gasteiger partial charge < -0.3 is 29.7 Å². The summed E-state index contributed by atoms with van der Waals surface area (Å²) in [6.45, 7) is 9.54. The van der Waals surface area contributed by atoms with Crippen LogP contribution in [-0.4, -0.2) is 44.8 Å². The minimum atomic E-state index is -0.812. The van der Waals surface area contributed by atoms with Crippen molar-refractivity contribution in [3.05, 3.63) is 102 Å². The Kier molecular flexibility index (Phi) is 8.55. The molecule has 12 heteroatoms. The zero-order valence-corrected chi connectivity index (χ0v) is 26.5. The van der Waals surface area contributed by atoms with E-state index in [-0.39, 0.29) is 46.0 Å². The van der Waals surface area contributed by atoms with Crippen LogP contribution in [0.5, 0.6) is 0 Å². The summed E-state index contributed by atoms with van der Waals surface area (Å²) < 4.78 is 14.0. The molecule has 0 atom stereocenters. The van der Waals surface area contributed by atoms with E-state index >= 15 is 0 Å². The monoisotopic (exact) mass is 624 g/mol. The molecule has 5 aromatic rings. The summed E-state index contributed by atoms with van der Waals surface area (Å²) in [7, 11) is 1.74. The first-order valence-electron chi connectivity index (χ1n) is 14.6. The third-order valence-corrected chi connectivity index (χ3v) is 7.13. The lowest BCUT2D eigenvalue weighted by atomic mass is 9.94. The lowest BCUT2D eigenvalue weighted by molar-refractivity contribution is 0.0884. The second-order valence-corrected chi connectivity index (χ2v) is 12.6. The van der Waals surface area contributed by atoms with Gasteiger partial charge in [0.05, 0.1) is 23.4 Å². The summed E-state index contributed by atoms with van der Waals surface area (Å²) in [5.74, 6) is -1.78. The molecule has 3 N–H and O–H groups in total. The number of carbonyl (C=O) groups excluding carboxylic acids is 4. The molecule has 3 amide bonds. The fourth-order valence-electron chi connectivity index (χ4n) is 4.70. The van der Waals surface area contributed by atoms with Crippen molar-refractivity contribution in [3.8, 4) is 0 Å². The molecule has 2 aromatic carbocycles. The van der Waals surface area contributed by atoms with Crippen molar-refractivity contribution >= 4 is 46.4 Å². The number of rotatable bonds is 8. The number of carbonyl (C=O) groups is 4. The summed E-state index contributed by atoms with van der Waals surface area (Å²) in [5.41, 5.74) is 0.724. The summed E-state index contributed by atoms with van der Waals surface area (Å²) >= 11 is 0. The number of anilines is 2. The van der Waals surface area contributed by atoms with Gasteiger partial charge >= 0.3 is 6.09 Å². The van der Waals surface area contributed by atoms with Gasteiger partial charge in [-0.15, -0.1) is 5.10 Å². The molecule has 0 saturated heterocycles. The molecule has 3 heterocycles. The van der Waals surface area contributed by atoms with Crippen LogP contribution in [0.15, 0.2) is 83.4 Å². The molecule has 0 unspecified atom stereocenters. The Morgan fingerprint density at radius 3 is 2.22 bits per heavy atom. The molecule has 0 bridgehead atoms. The first kappa shape index (κ1) is 31.8. The van der Waals surface area contributed by atoms with Crippen molar-refractivity contribution in [1.29, 1.82) is 0 Å². The van der Waals surface area contributed by atoms with Crippen LogP contribution in [0.2, 0.25) is 0 Å². The molecule has 0 spiro atoms. The number of benzene rings is 2. The van der Waals surface area contributed by atoms with Crippen molar-refractivity contribution < 1.29 is 28.3 Å². The maximum Gasteiger partial charge on any atom is 0.435 e. The predicted octanol–water partition coefficient (Wildman–Crippen LogP) is 6.17. The highest BCUT2D eigenvalue weighted by Gasteiger charge is 2.29. The van der Waals surface area contributed by atoms with Gasteiger partial charge in [0.2, 0.25) is 0 Å². The molecule has 0 aliphatic rings. The number of nitrogens with zero attached hydrogens (tertiary/aromatic N) is 3. The van der Waals surface area contributed by atoms with E-state index in [9.17, 15) is 19.2 Å². The van der Waals surface area contributed by atoms with E-state index in [2.05, 4.69) is 21.0 Å². The summed E-state index contributed by atoms with van der Waals surface area (Å²) in [4.78, 5) is 53.0. The molecular formula is C34H36N6O6. The third-order valence-electron chi connectivity index (χ3n) is 7.13. The number of fused-ring (bicyclic) bond motifs is 1. The van der Waals surface area contributed by atoms with Crippen molar-refractivity contribution in [2.45, 2.75) is 40.2 Å². The van der Waals surface area contributed by atoms with Gasteiger partial charge in [-0.3, -0.25) is 14.4 Å². The molecule has 3 aromatic heterocycles. The molecule has 0 fully saturated rings. The van der Waals surface area contributed by atoms with Crippen molar-refractivity contribution in [2.24, 2.45) is 12.5 Å². The van der Waals surface area contributed by atoms with Crippen LogP contribution in [0.25, 0.3) is 11.1 Å². The number of aromatic nitrogens is 3. The highest BCUT2D eigenvalue weighted by molar-refractivity contribution is 6.14. The number of hydrogen-bond donors (Lipinski definition) is 3. The van der Waals surface area contributed by atoms with Crippen LogP contribution in [0.1, 0.15) is 71.6 Å². The Morgan fingerprint density at radius 1 is 0.848 bits per heavy atom. The maximum absolute atomic E-state index is 13.6. The van der Waals surface area contributed by atoms with Crippen molar-refractivity contribution in [2.75, 3.05) is 17.2 Å². The smallest absolute Gasteiger partial charge is 0.435 e. The number of aryl methyl sites for hydroxylation is 1. The van der Waals surface area contributed by atoms with E-state index in [0.29, 0.717) is 5.69 Å². The third kappa shape index (κ3) is 6.85. The minimum absolute atomic E-state index is 0.00551. The largest absolute Gasteiger partial charge is 0.447 e. The van der Waals surface area contributed by atoms with E-state index in [0.717, 1.165) is 10.2 Å². The van der Waals surface area contributed by atoms with E-state index in [1.165, 1.54) is 12.1 Å².